The summed E-state index contributed by atoms with van der Waals surface area (Å²) >= 11 is 4.88. The maximum absolute atomic E-state index is 9.17. The molecule has 21 heavy (non-hydrogen) atoms. The summed E-state index contributed by atoms with van der Waals surface area (Å²) in [7, 11) is 0. The number of aromatic nitrogens is 4. The molecule has 1 saturated heterocycles. The van der Waals surface area contributed by atoms with Crippen molar-refractivity contribution in [2.24, 2.45) is 5.92 Å². The molecule has 0 radical (unpaired) electrons. The monoisotopic (exact) mass is 364 g/mol. The summed E-state index contributed by atoms with van der Waals surface area (Å²) in [5.41, 5.74) is 0.535. The van der Waals surface area contributed by atoms with Crippen molar-refractivity contribution in [3.8, 4) is 6.07 Å². The minimum atomic E-state index is 0.524. The minimum absolute atomic E-state index is 0.524. The number of hydrogen-bond donors (Lipinski definition) is 0. The Morgan fingerprint density at radius 1 is 1.48 bits per heavy atom. The van der Waals surface area contributed by atoms with Gasteiger partial charge >= 0.3 is 0 Å². The van der Waals surface area contributed by atoms with Crippen LogP contribution in [0.1, 0.15) is 5.56 Å². The Morgan fingerprint density at radius 2 is 2.29 bits per heavy atom. The van der Waals surface area contributed by atoms with Crippen molar-refractivity contribution in [1.82, 2.24) is 19.7 Å². The molecule has 3 rings (SSSR count). The van der Waals surface area contributed by atoms with Crippen LogP contribution >= 0.6 is 27.7 Å². The van der Waals surface area contributed by atoms with Gasteiger partial charge in [-0.25, -0.2) is 9.97 Å². The molecule has 8 heteroatoms. The van der Waals surface area contributed by atoms with E-state index in [1.165, 1.54) is 11.8 Å². The van der Waals surface area contributed by atoms with E-state index in [2.05, 4.69) is 42.0 Å². The molecule has 0 N–H and O–H groups in total. The average molecular weight is 365 g/mol. The van der Waals surface area contributed by atoms with Crippen LogP contribution in [0.5, 0.6) is 0 Å². The zero-order valence-corrected chi connectivity index (χ0v) is 13.8. The number of rotatable bonds is 4. The molecular formula is C13H13BrN6S. The molecule has 0 bridgehead atoms. The molecule has 3 heterocycles. The van der Waals surface area contributed by atoms with Gasteiger partial charge in [-0.1, -0.05) is 11.8 Å². The van der Waals surface area contributed by atoms with Crippen molar-refractivity contribution in [1.29, 1.82) is 5.26 Å². The zero-order valence-electron chi connectivity index (χ0n) is 11.4. The maximum Gasteiger partial charge on any atom is 0.189 e. The van der Waals surface area contributed by atoms with Crippen molar-refractivity contribution < 1.29 is 0 Å². The molecule has 1 fully saturated rings. The van der Waals surface area contributed by atoms with E-state index < -0.39 is 0 Å². The Kier molecular flexibility index (Phi) is 4.12. The molecular weight excluding hydrogens is 352 g/mol. The molecule has 2 aromatic heterocycles. The third-order valence-corrected chi connectivity index (χ3v) is 4.32. The van der Waals surface area contributed by atoms with Crippen LogP contribution in [0, 0.1) is 17.2 Å². The van der Waals surface area contributed by atoms with E-state index in [1.807, 2.05) is 17.1 Å². The predicted molar refractivity (Wildman–Crippen MR) is 84.2 cm³/mol. The normalized spacial score (nSPS) is 14.8. The Bertz CT molecular complexity index is 688. The molecule has 0 amide bonds. The van der Waals surface area contributed by atoms with Crippen LogP contribution in [0.2, 0.25) is 0 Å². The van der Waals surface area contributed by atoms with Crippen LogP contribution in [-0.2, 0) is 6.54 Å². The summed E-state index contributed by atoms with van der Waals surface area (Å²) in [5.74, 6) is 1.27. The number of thioether (sulfide) groups is 1. The standard InChI is InChI=1S/C13H13BrN6S/c1-21-13-16-3-10(2-15)12(18-13)19-5-9(6-19)7-20-8-11(14)4-17-20/h3-4,8-9H,5-7H2,1H3. The molecule has 1 aliphatic heterocycles. The first-order chi connectivity index (χ1) is 10.2. The van der Waals surface area contributed by atoms with Gasteiger partial charge in [-0.3, -0.25) is 4.68 Å². The summed E-state index contributed by atoms with van der Waals surface area (Å²) in [4.78, 5) is 10.7. The zero-order chi connectivity index (χ0) is 14.8. The second kappa shape index (κ2) is 6.03. The van der Waals surface area contributed by atoms with Crippen molar-refractivity contribution in [2.45, 2.75) is 11.7 Å². The second-order valence-corrected chi connectivity index (χ2v) is 6.55. The Morgan fingerprint density at radius 3 is 2.90 bits per heavy atom. The van der Waals surface area contributed by atoms with Gasteiger partial charge in [0, 0.05) is 31.7 Å². The van der Waals surface area contributed by atoms with Crippen molar-refractivity contribution in [3.05, 3.63) is 28.6 Å². The van der Waals surface area contributed by atoms with Gasteiger partial charge in [0.1, 0.15) is 11.6 Å². The quantitative estimate of drug-likeness (QED) is 0.611. The highest BCUT2D eigenvalue weighted by atomic mass is 79.9. The second-order valence-electron chi connectivity index (χ2n) is 4.86. The van der Waals surface area contributed by atoms with E-state index in [1.54, 1.807) is 12.4 Å². The fraction of sp³-hybridized carbons (Fsp3) is 0.385. The predicted octanol–water partition coefficient (Wildman–Crippen LogP) is 2.17. The lowest BCUT2D eigenvalue weighted by Gasteiger charge is -2.40. The molecule has 108 valence electrons. The van der Waals surface area contributed by atoms with E-state index in [9.17, 15) is 5.26 Å². The lowest BCUT2D eigenvalue weighted by molar-refractivity contribution is 0.339. The van der Waals surface area contributed by atoms with Crippen LogP contribution in [0.15, 0.2) is 28.2 Å². The van der Waals surface area contributed by atoms with Crippen molar-refractivity contribution in [3.63, 3.8) is 0 Å². The molecule has 2 aromatic rings. The molecule has 0 aliphatic carbocycles. The van der Waals surface area contributed by atoms with Gasteiger partial charge < -0.3 is 4.90 Å². The molecule has 1 aliphatic rings. The Hall–Kier alpha value is -1.59. The third-order valence-electron chi connectivity index (χ3n) is 3.35. The lowest BCUT2D eigenvalue weighted by atomic mass is 10.00. The molecule has 0 unspecified atom stereocenters. The minimum Gasteiger partial charge on any atom is -0.355 e. The summed E-state index contributed by atoms with van der Waals surface area (Å²) in [5, 5.41) is 14.1. The first-order valence-corrected chi connectivity index (χ1v) is 8.45. The van der Waals surface area contributed by atoms with Crippen molar-refractivity contribution in [2.75, 3.05) is 24.2 Å². The van der Waals surface area contributed by atoms with E-state index in [0.29, 0.717) is 16.6 Å². The van der Waals surface area contributed by atoms with Crippen LogP contribution in [0.25, 0.3) is 0 Å². The summed E-state index contributed by atoms with van der Waals surface area (Å²) in [6.45, 7) is 2.65. The molecule has 0 atom stereocenters. The topological polar surface area (TPSA) is 70.6 Å². The smallest absolute Gasteiger partial charge is 0.189 e. The van der Waals surface area contributed by atoms with Crippen molar-refractivity contribution >= 4 is 33.5 Å². The van der Waals surface area contributed by atoms with Gasteiger partial charge in [-0.15, -0.1) is 0 Å². The highest BCUT2D eigenvalue weighted by Gasteiger charge is 2.30. The number of nitriles is 1. The molecule has 0 spiro atoms. The number of hydrogen-bond acceptors (Lipinski definition) is 6. The lowest BCUT2D eigenvalue weighted by Crippen LogP contribution is -2.49. The van der Waals surface area contributed by atoms with E-state index in [4.69, 9.17) is 0 Å². The van der Waals surface area contributed by atoms with Crippen LogP contribution in [0.4, 0.5) is 5.82 Å². The first-order valence-electron chi connectivity index (χ1n) is 6.43. The highest BCUT2D eigenvalue weighted by Crippen LogP contribution is 2.28. The van der Waals surface area contributed by atoms with Crippen LogP contribution in [-0.4, -0.2) is 39.1 Å². The average Bonchev–Trinajstić information content (AvgIpc) is 2.87. The third kappa shape index (κ3) is 3.04. The molecule has 6 nitrogen and oxygen atoms in total. The maximum atomic E-state index is 9.17. The number of anilines is 1. The van der Waals surface area contributed by atoms with Gasteiger partial charge in [0.15, 0.2) is 11.0 Å². The van der Waals surface area contributed by atoms with E-state index in [0.717, 1.165) is 29.9 Å². The molecule has 0 saturated carbocycles. The fourth-order valence-corrected chi connectivity index (χ4v) is 3.00. The SMILES string of the molecule is CSc1ncc(C#N)c(N2CC(Cn3cc(Br)cn3)C2)n1. The number of halogens is 1. The fourth-order valence-electron chi connectivity index (χ4n) is 2.34. The molecule has 0 aromatic carbocycles. The van der Waals surface area contributed by atoms with Gasteiger partial charge in [0.2, 0.25) is 0 Å². The highest BCUT2D eigenvalue weighted by molar-refractivity contribution is 9.10. The van der Waals surface area contributed by atoms with Crippen LogP contribution in [0.3, 0.4) is 0 Å². The van der Waals surface area contributed by atoms with Gasteiger partial charge in [0.05, 0.1) is 16.9 Å². The van der Waals surface area contributed by atoms with Gasteiger partial charge in [-0.05, 0) is 22.2 Å². The van der Waals surface area contributed by atoms with Gasteiger partial charge in [-0.2, -0.15) is 10.4 Å². The summed E-state index contributed by atoms with van der Waals surface area (Å²) in [6, 6.07) is 2.16. The Balaban J connectivity index is 1.67. The summed E-state index contributed by atoms with van der Waals surface area (Å²) < 4.78 is 2.93. The Labute approximate surface area is 135 Å². The van der Waals surface area contributed by atoms with Crippen LogP contribution < -0.4 is 4.90 Å². The summed E-state index contributed by atoms with van der Waals surface area (Å²) in [6.07, 6.45) is 7.30. The van der Waals surface area contributed by atoms with E-state index in [-0.39, 0.29) is 0 Å². The first kappa shape index (κ1) is 14.4. The van der Waals surface area contributed by atoms with E-state index >= 15 is 0 Å². The van der Waals surface area contributed by atoms with Gasteiger partial charge in [0.25, 0.3) is 0 Å². The largest absolute Gasteiger partial charge is 0.355 e. The number of nitrogens with zero attached hydrogens (tertiary/aromatic N) is 6.